The molecule has 0 spiro atoms. The summed E-state index contributed by atoms with van der Waals surface area (Å²) in [4.78, 5) is 17.5. The number of thiophene rings is 1. The third-order valence-electron chi connectivity index (χ3n) is 2.76. The second-order valence-corrected chi connectivity index (χ2v) is 6.06. The van der Waals surface area contributed by atoms with E-state index in [-0.39, 0.29) is 5.91 Å². The Hall–Kier alpha value is -1.98. The zero-order chi connectivity index (χ0) is 13.8. The van der Waals surface area contributed by atoms with Gasteiger partial charge in [-0.1, -0.05) is 36.4 Å². The van der Waals surface area contributed by atoms with Crippen LogP contribution in [0.15, 0.2) is 53.2 Å². The maximum atomic E-state index is 12.0. The van der Waals surface area contributed by atoms with Gasteiger partial charge in [0.05, 0.1) is 6.54 Å². The summed E-state index contributed by atoms with van der Waals surface area (Å²) < 4.78 is 0. The molecule has 0 bridgehead atoms. The van der Waals surface area contributed by atoms with E-state index in [1.807, 2.05) is 47.8 Å². The fourth-order valence-electron chi connectivity index (χ4n) is 1.76. The molecule has 0 radical (unpaired) electrons. The Morgan fingerprint density at radius 1 is 1.10 bits per heavy atom. The molecule has 1 aromatic carbocycles. The molecule has 3 nitrogen and oxygen atoms in total. The van der Waals surface area contributed by atoms with Crippen LogP contribution in [0, 0.1) is 0 Å². The van der Waals surface area contributed by atoms with Gasteiger partial charge in [-0.05, 0) is 11.4 Å². The molecule has 0 aliphatic carbocycles. The smallest absolute Gasteiger partial charge is 0.271 e. The molecule has 100 valence electrons. The van der Waals surface area contributed by atoms with Crippen LogP contribution in [-0.4, -0.2) is 10.9 Å². The molecule has 5 heteroatoms. The Bertz CT molecular complexity index is 690. The monoisotopic (exact) mass is 300 g/mol. The van der Waals surface area contributed by atoms with Crippen LogP contribution in [0.3, 0.4) is 0 Å². The van der Waals surface area contributed by atoms with Gasteiger partial charge in [-0.3, -0.25) is 4.79 Å². The molecule has 3 aromatic rings. The molecule has 0 saturated carbocycles. The number of amides is 1. The van der Waals surface area contributed by atoms with E-state index < -0.39 is 0 Å². The minimum Gasteiger partial charge on any atom is -0.346 e. The van der Waals surface area contributed by atoms with E-state index >= 15 is 0 Å². The first kappa shape index (κ1) is 13.0. The van der Waals surface area contributed by atoms with Gasteiger partial charge in [0.25, 0.3) is 5.91 Å². The summed E-state index contributed by atoms with van der Waals surface area (Å²) in [6.07, 6.45) is 0. The molecule has 3 rings (SSSR count). The lowest BCUT2D eigenvalue weighted by molar-refractivity contribution is 0.0947. The lowest BCUT2D eigenvalue weighted by Gasteiger charge is -2.00. The first-order valence-electron chi connectivity index (χ1n) is 6.14. The van der Waals surface area contributed by atoms with Crippen molar-refractivity contribution in [1.82, 2.24) is 10.3 Å². The third-order valence-corrected chi connectivity index (χ3v) is 4.53. The van der Waals surface area contributed by atoms with E-state index in [2.05, 4.69) is 10.3 Å². The van der Waals surface area contributed by atoms with E-state index in [1.165, 1.54) is 11.3 Å². The summed E-state index contributed by atoms with van der Waals surface area (Å²) in [5, 5.41) is 7.54. The second-order valence-electron chi connectivity index (χ2n) is 4.17. The highest BCUT2D eigenvalue weighted by Gasteiger charge is 2.11. The van der Waals surface area contributed by atoms with Crippen LogP contribution in [0.4, 0.5) is 0 Å². The van der Waals surface area contributed by atoms with E-state index in [9.17, 15) is 4.79 Å². The van der Waals surface area contributed by atoms with Gasteiger partial charge in [-0.15, -0.1) is 22.7 Å². The highest BCUT2D eigenvalue weighted by molar-refractivity contribution is 7.13. The van der Waals surface area contributed by atoms with E-state index in [0.29, 0.717) is 12.2 Å². The van der Waals surface area contributed by atoms with Gasteiger partial charge in [0.15, 0.2) is 0 Å². The average Bonchev–Trinajstić information content (AvgIpc) is 3.17. The molecule has 1 N–H and O–H groups in total. The van der Waals surface area contributed by atoms with Gasteiger partial charge in [0, 0.05) is 15.8 Å². The zero-order valence-electron chi connectivity index (χ0n) is 10.6. The number of benzene rings is 1. The fraction of sp³-hybridized carbons (Fsp3) is 0.0667. The molecule has 1 amide bonds. The number of carbonyl (C=O) groups is 1. The molecular weight excluding hydrogens is 288 g/mol. The average molecular weight is 300 g/mol. The summed E-state index contributed by atoms with van der Waals surface area (Å²) in [6, 6.07) is 13.9. The van der Waals surface area contributed by atoms with Crippen molar-refractivity contribution >= 4 is 28.6 Å². The van der Waals surface area contributed by atoms with Crippen LogP contribution < -0.4 is 5.32 Å². The summed E-state index contributed by atoms with van der Waals surface area (Å²) in [6.45, 7) is 0.550. The van der Waals surface area contributed by atoms with Crippen LogP contribution in [0.25, 0.3) is 10.6 Å². The van der Waals surface area contributed by atoms with Crippen molar-refractivity contribution in [3.05, 3.63) is 63.8 Å². The molecule has 20 heavy (non-hydrogen) atoms. The predicted octanol–water partition coefficient (Wildman–Crippen LogP) is 3.80. The summed E-state index contributed by atoms with van der Waals surface area (Å²) >= 11 is 3.11. The molecule has 2 aromatic heterocycles. The molecule has 0 atom stereocenters. The van der Waals surface area contributed by atoms with Crippen molar-refractivity contribution in [2.45, 2.75) is 6.54 Å². The van der Waals surface area contributed by atoms with Gasteiger partial charge in [-0.25, -0.2) is 4.98 Å². The van der Waals surface area contributed by atoms with Crippen LogP contribution in [0.2, 0.25) is 0 Å². The summed E-state index contributed by atoms with van der Waals surface area (Å²) in [5.74, 6) is -0.128. The number of nitrogens with zero attached hydrogens (tertiary/aromatic N) is 1. The summed E-state index contributed by atoms with van der Waals surface area (Å²) in [5.41, 5.74) is 1.51. The van der Waals surface area contributed by atoms with E-state index in [0.717, 1.165) is 15.4 Å². The van der Waals surface area contributed by atoms with Gasteiger partial charge in [0.2, 0.25) is 0 Å². The highest BCUT2D eigenvalue weighted by Crippen LogP contribution is 2.23. The lowest BCUT2D eigenvalue weighted by Crippen LogP contribution is -2.22. The van der Waals surface area contributed by atoms with Gasteiger partial charge >= 0.3 is 0 Å². The molecular formula is C15H12N2OS2. The van der Waals surface area contributed by atoms with Crippen LogP contribution >= 0.6 is 22.7 Å². The van der Waals surface area contributed by atoms with Crippen molar-refractivity contribution in [3.8, 4) is 10.6 Å². The molecule has 0 saturated heterocycles. The Labute approximate surface area is 124 Å². The van der Waals surface area contributed by atoms with Crippen molar-refractivity contribution in [2.24, 2.45) is 0 Å². The molecule has 0 unspecified atom stereocenters. The van der Waals surface area contributed by atoms with Crippen molar-refractivity contribution < 1.29 is 4.79 Å². The Kier molecular flexibility index (Phi) is 3.90. The number of aromatic nitrogens is 1. The quantitative estimate of drug-likeness (QED) is 0.796. The Balaban J connectivity index is 1.69. The van der Waals surface area contributed by atoms with Crippen LogP contribution in [0.5, 0.6) is 0 Å². The topological polar surface area (TPSA) is 42.0 Å². The number of nitrogens with one attached hydrogen (secondary N) is 1. The molecule has 0 aliphatic rings. The highest BCUT2D eigenvalue weighted by atomic mass is 32.1. The van der Waals surface area contributed by atoms with Gasteiger partial charge < -0.3 is 5.32 Å². The van der Waals surface area contributed by atoms with Gasteiger partial charge in [0.1, 0.15) is 10.7 Å². The first-order chi connectivity index (χ1) is 9.83. The third kappa shape index (κ3) is 2.95. The van der Waals surface area contributed by atoms with Crippen molar-refractivity contribution in [1.29, 1.82) is 0 Å². The standard InChI is InChI=1S/C15H12N2OS2/c18-14(16-9-12-7-4-8-19-12)13-10-20-15(17-13)11-5-2-1-3-6-11/h1-8,10H,9H2,(H,16,18). The zero-order valence-corrected chi connectivity index (χ0v) is 12.2. The largest absolute Gasteiger partial charge is 0.346 e. The number of rotatable bonds is 4. The molecule has 0 aliphatic heterocycles. The number of thiazole rings is 1. The molecule has 2 heterocycles. The Morgan fingerprint density at radius 2 is 1.95 bits per heavy atom. The normalized spacial score (nSPS) is 10.4. The van der Waals surface area contributed by atoms with Crippen LogP contribution in [0.1, 0.15) is 15.4 Å². The van der Waals surface area contributed by atoms with Crippen molar-refractivity contribution in [2.75, 3.05) is 0 Å². The Morgan fingerprint density at radius 3 is 2.70 bits per heavy atom. The first-order valence-corrected chi connectivity index (χ1v) is 7.90. The predicted molar refractivity (Wildman–Crippen MR) is 83.0 cm³/mol. The van der Waals surface area contributed by atoms with E-state index in [4.69, 9.17) is 0 Å². The number of hydrogen-bond donors (Lipinski definition) is 1. The fourth-order valence-corrected chi connectivity index (χ4v) is 3.21. The second kappa shape index (κ2) is 5.98. The lowest BCUT2D eigenvalue weighted by atomic mass is 10.2. The SMILES string of the molecule is O=C(NCc1cccs1)c1csc(-c2ccccc2)n1. The maximum Gasteiger partial charge on any atom is 0.271 e. The van der Waals surface area contributed by atoms with Crippen LogP contribution in [-0.2, 0) is 6.54 Å². The number of hydrogen-bond acceptors (Lipinski definition) is 4. The van der Waals surface area contributed by atoms with E-state index in [1.54, 1.807) is 16.7 Å². The van der Waals surface area contributed by atoms with Gasteiger partial charge in [-0.2, -0.15) is 0 Å². The molecule has 0 fully saturated rings. The minimum absolute atomic E-state index is 0.128. The minimum atomic E-state index is -0.128. The van der Waals surface area contributed by atoms with Crippen molar-refractivity contribution in [3.63, 3.8) is 0 Å². The number of carbonyl (C=O) groups excluding carboxylic acids is 1. The maximum absolute atomic E-state index is 12.0. The summed E-state index contributed by atoms with van der Waals surface area (Å²) in [7, 11) is 0.